The second kappa shape index (κ2) is 6.56. The van der Waals surface area contributed by atoms with Gasteiger partial charge in [-0.25, -0.2) is 13.8 Å². The van der Waals surface area contributed by atoms with Gasteiger partial charge in [0.2, 0.25) is 0 Å². The second-order valence-corrected chi connectivity index (χ2v) is 7.36. The van der Waals surface area contributed by atoms with Gasteiger partial charge < -0.3 is 8.97 Å². The van der Waals surface area contributed by atoms with Crippen LogP contribution in [0.15, 0.2) is 41.6 Å². The lowest BCUT2D eigenvalue weighted by Crippen LogP contribution is -2.39. The molecule has 0 saturated carbocycles. The van der Waals surface area contributed by atoms with E-state index in [0.29, 0.717) is 25.2 Å². The molecule has 1 aliphatic rings. The van der Waals surface area contributed by atoms with Crippen LogP contribution in [0.4, 0.5) is 8.78 Å². The summed E-state index contributed by atoms with van der Waals surface area (Å²) in [6, 6.07) is 5.79. The van der Waals surface area contributed by atoms with Crippen molar-refractivity contribution in [2.24, 2.45) is 7.05 Å². The number of halogens is 2. The molecule has 3 aromatic heterocycles. The fraction of sp³-hybridized carbons (Fsp3) is 0.400. The molecule has 5 nitrogen and oxygen atoms in total. The number of likely N-dealkylation sites (tertiary alicyclic amines) is 1. The number of rotatable bonds is 3. The largest absolute Gasteiger partial charge is 0.318 e. The van der Waals surface area contributed by atoms with Gasteiger partial charge in [-0.15, -0.1) is 0 Å². The fourth-order valence-electron chi connectivity index (χ4n) is 3.62. The molecule has 142 valence electrons. The molecule has 1 aliphatic heterocycles. The van der Waals surface area contributed by atoms with Crippen molar-refractivity contribution in [2.45, 2.75) is 32.2 Å². The number of imidazole rings is 1. The van der Waals surface area contributed by atoms with Gasteiger partial charge in [-0.2, -0.15) is 0 Å². The molecular weight excluding hydrogens is 350 g/mol. The zero-order valence-electron chi connectivity index (χ0n) is 15.5. The van der Waals surface area contributed by atoms with Crippen LogP contribution in [-0.4, -0.2) is 37.9 Å². The highest BCUT2D eigenvalue weighted by Crippen LogP contribution is 2.28. The van der Waals surface area contributed by atoms with Gasteiger partial charge in [0.15, 0.2) is 0 Å². The van der Waals surface area contributed by atoms with Gasteiger partial charge in [-0.05, 0) is 36.2 Å². The molecule has 0 amide bonds. The predicted octanol–water partition coefficient (Wildman–Crippen LogP) is 3.24. The zero-order valence-corrected chi connectivity index (χ0v) is 15.5. The minimum absolute atomic E-state index is 0.00921. The highest BCUT2D eigenvalue weighted by Gasteiger charge is 2.34. The first-order valence-corrected chi connectivity index (χ1v) is 9.06. The number of aromatic nitrogens is 3. The van der Waals surface area contributed by atoms with E-state index in [4.69, 9.17) is 0 Å². The van der Waals surface area contributed by atoms with Crippen molar-refractivity contribution in [2.75, 3.05) is 13.1 Å². The van der Waals surface area contributed by atoms with Crippen LogP contribution in [0.25, 0.3) is 16.8 Å². The molecule has 1 fully saturated rings. The number of fused-ring (bicyclic) bond motifs is 1. The van der Waals surface area contributed by atoms with E-state index in [2.05, 4.69) is 4.98 Å². The molecule has 1 saturated heterocycles. The van der Waals surface area contributed by atoms with Gasteiger partial charge in [-0.1, -0.05) is 0 Å². The first-order valence-electron chi connectivity index (χ1n) is 9.06. The van der Waals surface area contributed by atoms with Crippen LogP contribution in [-0.2, 0) is 13.6 Å². The van der Waals surface area contributed by atoms with Gasteiger partial charge in [0.1, 0.15) is 5.65 Å². The summed E-state index contributed by atoms with van der Waals surface area (Å²) >= 11 is 0. The normalized spacial score (nSPS) is 17.5. The number of piperidine rings is 1. The molecule has 0 unspecified atom stereocenters. The van der Waals surface area contributed by atoms with Crippen molar-refractivity contribution >= 4 is 5.65 Å². The summed E-state index contributed by atoms with van der Waals surface area (Å²) < 4.78 is 30.3. The molecule has 0 aliphatic carbocycles. The Hall–Kier alpha value is -2.54. The first kappa shape index (κ1) is 17.9. The van der Waals surface area contributed by atoms with Gasteiger partial charge in [-0.3, -0.25) is 9.69 Å². The van der Waals surface area contributed by atoms with Crippen LogP contribution in [0.1, 0.15) is 24.1 Å². The van der Waals surface area contributed by atoms with Crippen molar-refractivity contribution in [3.05, 3.63) is 58.4 Å². The first-order chi connectivity index (χ1) is 12.8. The Bertz CT molecular complexity index is 1020. The second-order valence-electron chi connectivity index (χ2n) is 7.36. The summed E-state index contributed by atoms with van der Waals surface area (Å²) in [4.78, 5) is 18.4. The Balaban J connectivity index is 1.65. The summed E-state index contributed by atoms with van der Waals surface area (Å²) in [5.74, 6) is -2.54. The number of aryl methyl sites for hydroxylation is 2. The quantitative estimate of drug-likeness (QED) is 0.709. The summed E-state index contributed by atoms with van der Waals surface area (Å²) in [7, 11) is 1.74. The number of pyridine rings is 2. The highest BCUT2D eigenvalue weighted by molar-refractivity contribution is 5.64. The van der Waals surface area contributed by atoms with E-state index in [-0.39, 0.29) is 18.4 Å². The van der Waals surface area contributed by atoms with E-state index >= 15 is 0 Å². The predicted molar refractivity (Wildman–Crippen MR) is 100 cm³/mol. The third-order valence-corrected chi connectivity index (χ3v) is 5.25. The molecule has 0 aromatic carbocycles. The van der Waals surface area contributed by atoms with Gasteiger partial charge in [0.25, 0.3) is 11.5 Å². The smallest absolute Gasteiger partial charge is 0.253 e. The van der Waals surface area contributed by atoms with Crippen LogP contribution in [0.2, 0.25) is 0 Å². The monoisotopic (exact) mass is 372 g/mol. The lowest BCUT2D eigenvalue weighted by atomic mass is 10.1. The lowest BCUT2D eigenvalue weighted by molar-refractivity contribution is -0.0568. The number of nitrogens with zero attached hydrogens (tertiary/aromatic N) is 4. The molecule has 3 aromatic rings. The number of alkyl halides is 2. The van der Waals surface area contributed by atoms with Crippen molar-refractivity contribution in [3.8, 4) is 11.1 Å². The van der Waals surface area contributed by atoms with E-state index in [1.807, 2.05) is 39.9 Å². The molecule has 0 spiro atoms. The average molecular weight is 372 g/mol. The van der Waals surface area contributed by atoms with Crippen molar-refractivity contribution in [3.63, 3.8) is 0 Å². The SMILES string of the molecule is Cc1cc(-c2ccc3ncc(CN4CCC(F)(F)CC4)n3c2)cn(C)c1=O. The number of hydrogen-bond acceptors (Lipinski definition) is 3. The molecule has 0 atom stereocenters. The Morgan fingerprint density at radius 2 is 1.89 bits per heavy atom. The summed E-state index contributed by atoms with van der Waals surface area (Å²) in [6.45, 7) is 3.17. The minimum Gasteiger partial charge on any atom is -0.318 e. The zero-order chi connectivity index (χ0) is 19.2. The standard InChI is InChI=1S/C20H22F2N4O/c1-14-9-16(11-24(2)19(14)27)15-3-4-18-23-10-17(26(18)12-15)13-25-7-5-20(21,22)6-8-25/h3-4,9-12H,5-8,13H2,1-2H3. The van der Waals surface area contributed by atoms with Gasteiger partial charge >= 0.3 is 0 Å². The van der Waals surface area contributed by atoms with E-state index in [1.165, 1.54) is 0 Å². The lowest BCUT2D eigenvalue weighted by Gasteiger charge is -2.31. The van der Waals surface area contributed by atoms with Crippen LogP contribution in [0.3, 0.4) is 0 Å². The molecule has 7 heteroatoms. The molecule has 27 heavy (non-hydrogen) atoms. The third kappa shape index (κ3) is 3.51. The maximum absolute atomic E-state index is 13.4. The summed E-state index contributed by atoms with van der Waals surface area (Å²) in [5, 5.41) is 0. The molecule has 4 heterocycles. The Morgan fingerprint density at radius 3 is 2.59 bits per heavy atom. The highest BCUT2D eigenvalue weighted by atomic mass is 19.3. The van der Waals surface area contributed by atoms with Crippen LogP contribution >= 0.6 is 0 Å². The average Bonchev–Trinajstić information content (AvgIpc) is 3.03. The molecule has 0 radical (unpaired) electrons. The van der Waals surface area contributed by atoms with E-state index in [9.17, 15) is 13.6 Å². The molecule has 0 bridgehead atoms. The molecule has 4 rings (SSSR count). The Morgan fingerprint density at radius 1 is 1.15 bits per heavy atom. The summed E-state index contributed by atoms with van der Waals surface area (Å²) in [5.41, 5.74) is 4.40. The summed E-state index contributed by atoms with van der Waals surface area (Å²) in [6.07, 6.45) is 5.44. The Kier molecular flexibility index (Phi) is 4.34. The van der Waals surface area contributed by atoms with Crippen molar-refractivity contribution < 1.29 is 8.78 Å². The van der Waals surface area contributed by atoms with Crippen LogP contribution < -0.4 is 5.56 Å². The molecular formula is C20H22F2N4O. The van der Waals surface area contributed by atoms with Crippen LogP contribution in [0.5, 0.6) is 0 Å². The van der Waals surface area contributed by atoms with E-state index in [1.54, 1.807) is 24.7 Å². The maximum Gasteiger partial charge on any atom is 0.253 e. The van der Waals surface area contributed by atoms with Gasteiger partial charge in [0.05, 0.1) is 11.9 Å². The fourth-order valence-corrected chi connectivity index (χ4v) is 3.62. The van der Waals surface area contributed by atoms with E-state index in [0.717, 1.165) is 22.5 Å². The third-order valence-electron chi connectivity index (χ3n) is 5.25. The van der Waals surface area contributed by atoms with Crippen LogP contribution in [0, 0.1) is 6.92 Å². The maximum atomic E-state index is 13.4. The van der Waals surface area contributed by atoms with Crippen molar-refractivity contribution in [1.29, 1.82) is 0 Å². The Labute approximate surface area is 155 Å². The molecule has 0 N–H and O–H groups in total. The topological polar surface area (TPSA) is 42.5 Å². The number of hydrogen-bond donors (Lipinski definition) is 0. The minimum atomic E-state index is -2.54. The van der Waals surface area contributed by atoms with Gasteiger partial charge in [0, 0.05) is 57.5 Å². The van der Waals surface area contributed by atoms with Crippen molar-refractivity contribution in [1.82, 2.24) is 18.9 Å². The van der Waals surface area contributed by atoms with E-state index < -0.39 is 5.92 Å².